The maximum absolute atomic E-state index is 14.9. The van der Waals surface area contributed by atoms with Gasteiger partial charge >= 0.3 is 0 Å². The molecule has 4 heterocycles. The van der Waals surface area contributed by atoms with Crippen LogP contribution in [0.5, 0.6) is 0 Å². The fourth-order valence-corrected chi connectivity index (χ4v) is 4.16. The Hall–Kier alpha value is -4.22. The molecule has 1 aliphatic rings. The lowest BCUT2D eigenvalue weighted by Crippen LogP contribution is -2.26. The number of alkyl halides is 2. The molecule has 36 heavy (non-hydrogen) atoms. The molecule has 4 aromatic rings. The molecule has 0 atom stereocenters. The van der Waals surface area contributed by atoms with Gasteiger partial charge in [-0.15, -0.1) is 0 Å². The molecule has 0 radical (unpaired) electrons. The van der Waals surface area contributed by atoms with Crippen LogP contribution in [0.15, 0.2) is 43.0 Å². The third-order valence-corrected chi connectivity index (χ3v) is 6.14. The smallest absolute Gasteiger partial charge is 0.271 e. The topological polar surface area (TPSA) is 115 Å². The number of hydrogen-bond donors (Lipinski definition) is 2. The monoisotopic (exact) mass is 496 g/mol. The van der Waals surface area contributed by atoms with Crippen molar-refractivity contribution in [3.05, 3.63) is 71.4 Å². The Bertz CT molecular complexity index is 1440. The lowest BCUT2D eigenvalue weighted by molar-refractivity contribution is 0.0256. The quantitative estimate of drug-likeness (QED) is 0.422. The first-order valence-electron chi connectivity index (χ1n) is 11.3. The van der Waals surface area contributed by atoms with E-state index in [0.717, 1.165) is 5.56 Å². The highest BCUT2D eigenvalue weighted by Gasteiger charge is 2.39. The summed E-state index contributed by atoms with van der Waals surface area (Å²) in [7, 11) is 0. The Kier molecular flexibility index (Phi) is 5.94. The molecule has 1 aromatic carbocycles. The number of hydrogen-bond acceptors (Lipinski definition) is 7. The number of nitrogen functional groups attached to an aromatic ring is 1. The van der Waals surface area contributed by atoms with Crippen molar-refractivity contribution in [1.29, 1.82) is 0 Å². The predicted molar refractivity (Wildman–Crippen MR) is 127 cm³/mol. The van der Waals surface area contributed by atoms with Crippen molar-refractivity contribution in [2.75, 3.05) is 23.7 Å². The molecule has 3 N–H and O–H groups in total. The van der Waals surface area contributed by atoms with Crippen LogP contribution < -0.4 is 16.0 Å². The van der Waals surface area contributed by atoms with Gasteiger partial charge in [0.2, 0.25) is 5.95 Å². The number of anilines is 2. The van der Waals surface area contributed by atoms with Gasteiger partial charge in [-0.2, -0.15) is 0 Å². The largest absolute Gasteiger partial charge is 0.383 e. The zero-order valence-corrected chi connectivity index (χ0v) is 19.4. The lowest BCUT2D eigenvalue weighted by atomic mass is 10.1. The number of pyridine rings is 1. The highest BCUT2D eigenvalue weighted by atomic mass is 19.3. The first kappa shape index (κ1) is 23.5. The number of aryl methyl sites for hydroxylation is 1. The average Bonchev–Trinajstić information content (AvgIpc) is 3.41. The van der Waals surface area contributed by atoms with Crippen LogP contribution >= 0.6 is 0 Å². The molecule has 0 bridgehead atoms. The zero-order valence-electron chi connectivity index (χ0n) is 19.4. The van der Waals surface area contributed by atoms with Crippen molar-refractivity contribution in [3.63, 3.8) is 0 Å². The molecule has 1 saturated heterocycles. The summed E-state index contributed by atoms with van der Waals surface area (Å²) in [5, 5.41) is 3.54. The minimum absolute atomic E-state index is 0.0282. The summed E-state index contributed by atoms with van der Waals surface area (Å²) in [6.07, 6.45) is 5.95. The van der Waals surface area contributed by atoms with Gasteiger partial charge in [-0.05, 0) is 13.0 Å². The second kappa shape index (κ2) is 9.10. The van der Waals surface area contributed by atoms with E-state index in [0.29, 0.717) is 28.7 Å². The summed E-state index contributed by atoms with van der Waals surface area (Å²) >= 11 is 0. The minimum atomic E-state index is -2.72. The first-order chi connectivity index (χ1) is 17.2. The van der Waals surface area contributed by atoms with E-state index in [2.05, 4.69) is 25.3 Å². The van der Waals surface area contributed by atoms with E-state index in [1.54, 1.807) is 42.2 Å². The van der Waals surface area contributed by atoms with E-state index >= 15 is 0 Å². The average molecular weight is 496 g/mol. The third-order valence-electron chi connectivity index (χ3n) is 6.14. The molecule has 186 valence electrons. The summed E-state index contributed by atoms with van der Waals surface area (Å²) < 4.78 is 43.5. The molecule has 0 unspecified atom stereocenters. The molecule has 1 amide bonds. The Morgan fingerprint density at radius 3 is 2.67 bits per heavy atom. The third kappa shape index (κ3) is 4.66. The molecule has 1 fully saturated rings. The van der Waals surface area contributed by atoms with Crippen molar-refractivity contribution < 1.29 is 18.0 Å². The van der Waals surface area contributed by atoms with Crippen LogP contribution in [0.2, 0.25) is 0 Å². The van der Waals surface area contributed by atoms with Gasteiger partial charge in [0.15, 0.2) is 0 Å². The molecule has 0 spiro atoms. The number of aromatic nitrogens is 5. The van der Waals surface area contributed by atoms with Gasteiger partial charge in [-0.1, -0.05) is 12.1 Å². The van der Waals surface area contributed by atoms with Gasteiger partial charge < -0.3 is 20.5 Å². The van der Waals surface area contributed by atoms with Crippen LogP contribution in [0.1, 0.15) is 33.9 Å². The summed E-state index contributed by atoms with van der Waals surface area (Å²) in [6, 6.07) is 4.77. The summed E-state index contributed by atoms with van der Waals surface area (Å²) in [4.78, 5) is 30.8. The summed E-state index contributed by atoms with van der Waals surface area (Å²) in [5.74, 6) is -2.56. The van der Waals surface area contributed by atoms with Crippen LogP contribution in [0.3, 0.4) is 0 Å². The number of carbonyl (C=O) groups excluding carboxylic acids is 1. The Balaban J connectivity index is 1.24. The number of nitrogens with two attached hydrogens (primary N) is 1. The Morgan fingerprint density at radius 1 is 1.17 bits per heavy atom. The number of benzene rings is 1. The molecule has 3 aromatic heterocycles. The van der Waals surface area contributed by atoms with Gasteiger partial charge in [0.05, 0.1) is 13.1 Å². The Morgan fingerprint density at radius 2 is 1.94 bits per heavy atom. The van der Waals surface area contributed by atoms with Crippen molar-refractivity contribution >= 4 is 28.4 Å². The second-order valence-corrected chi connectivity index (χ2v) is 8.73. The van der Waals surface area contributed by atoms with Gasteiger partial charge in [-0.25, -0.2) is 33.1 Å². The van der Waals surface area contributed by atoms with Gasteiger partial charge in [0.1, 0.15) is 23.2 Å². The SMILES string of the molecule is Cc1nc(C(=O)NCc2ccc3c(N)nccc3c2F)cn1Cc1cnc(N2CCC(F)(F)C2)nc1. The second-order valence-electron chi connectivity index (χ2n) is 8.73. The van der Waals surface area contributed by atoms with Crippen molar-refractivity contribution in [2.24, 2.45) is 0 Å². The number of carbonyl (C=O) groups is 1. The highest BCUT2D eigenvalue weighted by molar-refractivity contribution is 5.93. The predicted octanol–water partition coefficient (Wildman–Crippen LogP) is 3.07. The maximum Gasteiger partial charge on any atom is 0.271 e. The molecule has 9 nitrogen and oxygen atoms in total. The van der Waals surface area contributed by atoms with E-state index < -0.39 is 17.6 Å². The molecule has 1 aliphatic heterocycles. The summed E-state index contributed by atoms with van der Waals surface area (Å²) in [6.45, 7) is 1.89. The van der Waals surface area contributed by atoms with Gasteiger partial charge in [-0.3, -0.25) is 4.79 Å². The molecule has 0 aliphatic carbocycles. The van der Waals surface area contributed by atoms with Crippen LogP contribution in [0.25, 0.3) is 10.8 Å². The fraction of sp³-hybridized carbons (Fsp3) is 0.292. The van der Waals surface area contributed by atoms with Gasteiger partial charge in [0, 0.05) is 66.2 Å². The van der Waals surface area contributed by atoms with E-state index in [9.17, 15) is 18.0 Å². The van der Waals surface area contributed by atoms with E-state index in [1.165, 1.54) is 17.2 Å². The Labute approximate surface area is 204 Å². The van der Waals surface area contributed by atoms with Crippen molar-refractivity contribution in [2.45, 2.75) is 32.4 Å². The number of nitrogens with one attached hydrogen (secondary N) is 1. The minimum Gasteiger partial charge on any atom is -0.383 e. The van der Waals surface area contributed by atoms with Crippen LogP contribution in [-0.4, -0.2) is 49.4 Å². The van der Waals surface area contributed by atoms with Crippen LogP contribution in [-0.2, 0) is 13.1 Å². The normalized spacial score (nSPS) is 14.9. The molecule has 12 heteroatoms. The number of rotatable bonds is 6. The van der Waals surface area contributed by atoms with Gasteiger partial charge in [0.25, 0.3) is 11.8 Å². The van der Waals surface area contributed by atoms with Crippen LogP contribution in [0, 0.1) is 12.7 Å². The van der Waals surface area contributed by atoms with E-state index in [-0.39, 0.29) is 43.5 Å². The highest BCUT2D eigenvalue weighted by Crippen LogP contribution is 2.29. The number of amides is 1. The van der Waals surface area contributed by atoms with Crippen molar-refractivity contribution in [3.8, 4) is 0 Å². The zero-order chi connectivity index (χ0) is 25.4. The molecule has 0 saturated carbocycles. The van der Waals surface area contributed by atoms with E-state index in [1.807, 2.05) is 0 Å². The van der Waals surface area contributed by atoms with E-state index in [4.69, 9.17) is 5.73 Å². The fourth-order valence-electron chi connectivity index (χ4n) is 4.16. The standard InChI is InChI=1S/C24H23F3N8O/c1-14-33-19(22(36)30-10-16-2-3-18-17(20(16)25)4-6-29-21(18)28)12-35(14)11-15-8-31-23(32-9-15)34-7-5-24(26,27)13-34/h2-4,6,8-9,12H,5,7,10-11,13H2,1H3,(H2,28,29)(H,30,36). The molecular weight excluding hydrogens is 473 g/mol. The number of imidazole rings is 1. The molecule has 5 rings (SSSR count). The number of fused-ring (bicyclic) bond motifs is 1. The lowest BCUT2D eigenvalue weighted by Gasteiger charge is -2.15. The maximum atomic E-state index is 14.9. The summed E-state index contributed by atoms with van der Waals surface area (Å²) in [5.41, 5.74) is 7.01. The molecular formula is C24H23F3N8O. The van der Waals surface area contributed by atoms with Crippen LogP contribution in [0.4, 0.5) is 24.9 Å². The number of nitrogens with zero attached hydrogens (tertiary/aromatic N) is 6. The van der Waals surface area contributed by atoms with Crippen molar-refractivity contribution in [1.82, 2.24) is 29.8 Å². The number of halogens is 3. The first-order valence-corrected chi connectivity index (χ1v) is 11.3.